The normalized spacial score (nSPS) is 19.4. The Morgan fingerprint density at radius 1 is 1.20 bits per heavy atom. The summed E-state index contributed by atoms with van der Waals surface area (Å²) >= 11 is 0. The molecule has 0 radical (unpaired) electrons. The van der Waals surface area contributed by atoms with Gasteiger partial charge < -0.3 is 5.11 Å². The molecule has 3 nitrogen and oxygen atoms in total. The highest BCUT2D eigenvalue weighted by Crippen LogP contribution is 2.23. The molecule has 0 amide bonds. The van der Waals surface area contributed by atoms with Crippen molar-refractivity contribution in [2.75, 3.05) is 13.1 Å². The fourth-order valence-corrected chi connectivity index (χ4v) is 2.60. The monoisotopic (exact) mass is 272 g/mol. The number of hydrogen-bond acceptors (Lipinski definition) is 3. The molecule has 0 bridgehead atoms. The molecule has 3 rings (SSSR count). The second-order valence-corrected chi connectivity index (χ2v) is 5.22. The largest absolute Gasteiger partial charge is 0.392 e. The lowest BCUT2D eigenvalue weighted by Crippen LogP contribution is -2.22. The van der Waals surface area contributed by atoms with Gasteiger partial charge in [0.25, 0.3) is 0 Å². The van der Waals surface area contributed by atoms with Crippen molar-refractivity contribution in [1.82, 2.24) is 9.88 Å². The van der Waals surface area contributed by atoms with E-state index in [4.69, 9.17) is 0 Å². The average molecular weight is 272 g/mol. The number of likely N-dealkylation sites (tertiary alicyclic amines) is 1. The van der Waals surface area contributed by atoms with E-state index in [0.717, 1.165) is 24.1 Å². The lowest BCUT2D eigenvalue weighted by Gasteiger charge is -2.15. The summed E-state index contributed by atoms with van der Waals surface area (Å²) in [5.41, 5.74) is 2.49. The summed E-state index contributed by atoms with van der Waals surface area (Å²) < 4.78 is 14.2. The number of aromatic nitrogens is 1. The molecule has 2 heterocycles. The van der Waals surface area contributed by atoms with Gasteiger partial charge in [-0.05, 0) is 35.7 Å². The van der Waals surface area contributed by atoms with Crippen molar-refractivity contribution in [1.29, 1.82) is 0 Å². The van der Waals surface area contributed by atoms with Crippen molar-refractivity contribution in [2.45, 2.75) is 19.1 Å². The topological polar surface area (TPSA) is 36.4 Å². The molecule has 1 N–H and O–H groups in total. The zero-order valence-corrected chi connectivity index (χ0v) is 11.2. The van der Waals surface area contributed by atoms with Gasteiger partial charge in [-0.15, -0.1) is 0 Å². The predicted octanol–water partition coefficient (Wildman–Crippen LogP) is 2.45. The van der Waals surface area contributed by atoms with Crippen molar-refractivity contribution < 1.29 is 9.50 Å². The van der Waals surface area contributed by atoms with Gasteiger partial charge in [0.2, 0.25) is 0 Å². The molecule has 1 aromatic carbocycles. The third-order valence-corrected chi connectivity index (χ3v) is 3.71. The van der Waals surface area contributed by atoms with Crippen LogP contribution in [-0.4, -0.2) is 34.2 Å². The Kier molecular flexibility index (Phi) is 3.76. The van der Waals surface area contributed by atoms with Crippen LogP contribution in [0.4, 0.5) is 4.39 Å². The maximum Gasteiger partial charge on any atom is 0.128 e. The van der Waals surface area contributed by atoms with Crippen LogP contribution in [0, 0.1) is 5.82 Å². The van der Waals surface area contributed by atoms with E-state index in [1.165, 1.54) is 0 Å². The van der Waals surface area contributed by atoms with Crippen LogP contribution < -0.4 is 0 Å². The number of nitrogens with zero attached hydrogens (tertiary/aromatic N) is 2. The van der Waals surface area contributed by atoms with Crippen LogP contribution in [0.1, 0.15) is 12.0 Å². The highest BCUT2D eigenvalue weighted by molar-refractivity contribution is 5.63. The molecule has 1 atom stereocenters. The second kappa shape index (κ2) is 5.69. The van der Waals surface area contributed by atoms with E-state index in [2.05, 4.69) is 9.88 Å². The van der Waals surface area contributed by atoms with Gasteiger partial charge in [0.15, 0.2) is 0 Å². The van der Waals surface area contributed by atoms with Gasteiger partial charge in [-0.25, -0.2) is 4.39 Å². The zero-order chi connectivity index (χ0) is 13.9. The molecule has 0 unspecified atom stereocenters. The molecule has 1 aliphatic heterocycles. The highest BCUT2D eigenvalue weighted by atomic mass is 19.1. The first-order valence-corrected chi connectivity index (χ1v) is 6.81. The summed E-state index contributed by atoms with van der Waals surface area (Å²) in [6, 6.07) is 9.06. The maximum absolute atomic E-state index is 14.2. The third kappa shape index (κ3) is 2.86. The molecular weight excluding hydrogens is 255 g/mol. The Morgan fingerprint density at radius 2 is 2.00 bits per heavy atom. The molecule has 0 spiro atoms. The molecule has 1 aromatic heterocycles. The number of pyridine rings is 1. The van der Waals surface area contributed by atoms with Crippen LogP contribution in [0.15, 0.2) is 42.7 Å². The van der Waals surface area contributed by atoms with E-state index < -0.39 is 0 Å². The standard InChI is InChI=1S/C16H17FN2O/c17-16-9-13(12-3-6-18-7-4-12)1-2-14(16)10-19-8-5-15(20)11-19/h1-4,6-7,9,15,20H,5,8,10-11H2/t15-/m0/s1. The van der Waals surface area contributed by atoms with Gasteiger partial charge in [0.1, 0.15) is 5.82 Å². The van der Waals surface area contributed by atoms with E-state index in [1.807, 2.05) is 24.3 Å². The fourth-order valence-electron chi connectivity index (χ4n) is 2.60. The SMILES string of the molecule is O[C@H]1CCN(Cc2ccc(-c3ccncc3)cc2F)C1. The third-order valence-electron chi connectivity index (χ3n) is 3.71. The van der Waals surface area contributed by atoms with Crippen LogP contribution in [0.3, 0.4) is 0 Å². The number of aliphatic hydroxyl groups is 1. The van der Waals surface area contributed by atoms with Crippen LogP contribution in [0.5, 0.6) is 0 Å². The highest BCUT2D eigenvalue weighted by Gasteiger charge is 2.21. The predicted molar refractivity (Wildman–Crippen MR) is 75.5 cm³/mol. The summed E-state index contributed by atoms with van der Waals surface area (Å²) in [7, 11) is 0. The number of hydrogen-bond donors (Lipinski definition) is 1. The molecule has 104 valence electrons. The van der Waals surface area contributed by atoms with Crippen molar-refractivity contribution in [2.24, 2.45) is 0 Å². The minimum atomic E-state index is -0.269. The molecule has 20 heavy (non-hydrogen) atoms. The number of benzene rings is 1. The van der Waals surface area contributed by atoms with Gasteiger partial charge in [-0.2, -0.15) is 0 Å². The van der Waals surface area contributed by atoms with Crippen LogP contribution in [0.25, 0.3) is 11.1 Å². The summed E-state index contributed by atoms with van der Waals surface area (Å²) in [6.45, 7) is 2.01. The first-order chi connectivity index (χ1) is 9.72. The number of aliphatic hydroxyl groups excluding tert-OH is 1. The average Bonchev–Trinajstić information content (AvgIpc) is 2.87. The maximum atomic E-state index is 14.2. The first kappa shape index (κ1) is 13.2. The lowest BCUT2D eigenvalue weighted by molar-refractivity contribution is 0.174. The number of rotatable bonds is 3. The van der Waals surface area contributed by atoms with Gasteiger partial charge >= 0.3 is 0 Å². The summed E-state index contributed by atoms with van der Waals surface area (Å²) in [5, 5.41) is 9.50. The van der Waals surface area contributed by atoms with E-state index >= 15 is 0 Å². The molecule has 1 fully saturated rings. The van der Waals surface area contributed by atoms with Gasteiger partial charge in [0.05, 0.1) is 6.10 Å². The molecule has 4 heteroatoms. The van der Waals surface area contributed by atoms with Crippen molar-refractivity contribution in [3.8, 4) is 11.1 Å². The Hall–Kier alpha value is -1.78. The Balaban J connectivity index is 1.78. The number of halogens is 1. The zero-order valence-electron chi connectivity index (χ0n) is 11.2. The van der Waals surface area contributed by atoms with Gasteiger partial charge in [-0.3, -0.25) is 9.88 Å². The van der Waals surface area contributed by atoms with E-state index in [1.54, 1.807) is 18.5 Å². The number of β-amino-alcohol motifs (C(OH)–C–C–N with tert-alkyl or cyclic N) is 1. The Bertz CT molecular complexity index is 588. The van der Waals surface area contributed by atoms with Crippen LogP contribution in [-0.2, 0) is 6.54 Å². The molecule has 1 aliphatic rings. The molecular formula is C16H17FN2O. The van der Waals surface area contributed by atoms with E-state index in [0.29, 0.717) is 18.7 Å². The Morgan fingerprint density at radius 3 is 2.65 bits per heavy atom. The summed E-state index contributed by atoms with van der Waals surface area (Å²) in [5.74, 6) is -0.194. The second-order valence-electron chi connectivity index (χ2n) is 5.22. The molecule has 0 saturated carbocycles. The van der Waals surface area contributed by atoms with Gasteiger partial charge in [0, 0.05) is 37.6 Å². The summed E-state index contributed by atoms with van der Waals surface area (Å²) in [4.78, 5) is 6.04. The Labute approximate surface area is 117 Å². The van der Waals surface area contributed by atoms with E-state index in [9.17, 15) is 9.50 Å². The molecule has 0 aliphatic carbocycles. The van der Waals surface area contributed by atoms with Crippen LogP contribution >= 0.6 is 0 Å². The first-order valence-electron chi connectivity index (χ1n) is 6.81. The van der Waals surface area contributed by atoms with Gasteiger partial charge in [-0.1, -0.05) is 12.1 Å². The van der Waals surface area contributed by atoms with Crippen molar-refractivity contribution in [3.05, 3.63) is 54.1 Å². The fraction of sp³-hybridized carbons (Fsp3) is 0.312. The van der Waals surface area contributed by atoms with Crippen molar-refractivity contribution in [3.63, 3.8) is 0 Å². The molecule has 2 aromatic rings. The summed E-state index contributed by atoms with van der Waals surface area (Å²) in [6.07, 6.45) is 3.91. The van der Waals surface area contributed by atoms with Crippen LogP contribution in [0.2, 0.25) is 0 Å². The lowest BCUT2D eigenvalue weighted by atomic mass is 10.0. The quantitative estimate of drug-likeness (QED) is 0.932. The van der Waals surface area contributed by atoms with E-state index in [-0.39, 0.29) is 11.9 Å². The molecule has 1 saturated heterocycles. The van der Waals surface area contributed by atoms with Crippen molar-refractivity contribution >= 4 is 0 Å². The minimum absolute atomic E-state index is 0.194. The minimum Gasteiger partial charge on any atom is -0.392 e. The smallest absolute Gasteiger partial charge is 0.128 e.